The second-order valence-electron chi connectivity index (χ2n) is 4.63. The number of H-pyrrole nitrogens is 1. The Labute approximate surface area is 133 Å². The van der Waals surface area contributed by atoms with E-state index in [0.29, 0.717) is 22.3 Å². The smallest absolute Gasteiger partial charge is 0.319 e. The van der Waals surface area contributed by atoms with Gasteiger partial charge >= 0.3 is 6.03 Å². The molecular weight excluding hydrogens is 311 g/mol. The normalized spacial score (nSPS) is 10.4. The Kier molecular flexibility index (Phi) is 5.47. The van der Waals surface area contributed by atoms with Gasteiger partial charge in [-0.2, -0.15) is 5.10 Å². The quantitative estimate of drug-likeness (QED) is 0.732. The zero-order valence-electron chi connectivity index (χ0n) is 11.5. The van der Waals surface area contributed by atoms with Crippen LogP contribution in [-0.2, 0) is 6.42 Å². The van der Waals surface area contributed by atoms with Gasteiger partial charge in [0.2, 0.25) is 0 Å². The van der Waals surface area contributed by atoms with Crippen LogP contribution in [0.5, 0.6) is 0 Å². The number of urea groups is 1. The topological polar surface area (TPSA) is 69.8 Å². The van der Waals surface area contributed by atoms with E-state index in [4.69, 9.17) is 23.2 Å². The number of nitrogens with one attached hydrogen (secondary N) is 3. The first kappa shape index (κ1) is 15.7. The molecule has 0 spiro atoms. The van der Waals surface area contributed by atoms with Crippen LogP contribution in [0.3, 0.4) is 0 Å². The standard InChI is InChI=1S/C14H16Cl2N4O/c1-9-10(8-18-20-9)3-2-6-17-14(21)19-11-4-5-12(15)13(16)7-11/h4-5,7-8H,2-3,6H2,1H3,(H,18,20)(H2,17,19,21). The zero-order chi connectivity index (χ0) is 15.2. The van der Waals surface area contributed by atoms with Crippen molar-refractivity contribution in [1.29, 1.82) is 0 Å². The van der Waals surface area contributed by atoms with E-state index in [1.807, 2.05) is 13.1 Å². The van der Waals surface area contributed by atoms with Crippen LogP contribution < -0.4 is 10.6 Å². The molecule has 0 radical (unpaired) electrons. The van der Waals surface area contributed by atoms with Gasteiger partial charge in [0.25, 0.3) is 0 Å². The Morgan fingerprint density at radius 1 is 1.33 bits per heavy atom. The maximum Gasteiger partial charge on any atom is 0.319 e. The number of hydrogen-bond donors (Lipinski definition) is 3. The summed E-state index contributed by atoms with van der Waals surface area (Å²) in [5, 5.41) is 13.2. The third-order valence-electron chi connectivity index (χ3n) is 3.02. The molecule has 21 heavy (non-hydrogen) atoms. The highest BCUT2D eigenvalue weighted by molar-refractivity contribution is 6.42. The first-order chi connectivity index (χ1) is 10.1. The van der Waals surface area contributed by atoms with Gasteiger partial charge in [0, 0.05) is 17.9 Å². The van der Waals surface area contributed by atoms with Crippen LogP contribution in [0.1, 0.15) is 17.7 Å². The Bertz CT molecular complexity index is 627. The summed E-state index contributed by atoms with van der Waals surface area (Å²) in [5.74, 6) is 0. The van der Waals surface area contributed by atoms with E-state index in [9.17, 15) is 4.79 Å². The van der Waals surface area contributed by atoms with Crippen molar-refractivity contribution in [1.82, 2.24) is 15.5 Å². The van der Waals surface area contributed by atoms with Gasteiger partial charge in [-0.1, -0.05) is 23.2 Å². The number of halogens is 2. The molecule has 0 aliphatic rings. The minimum atomic E-state index is -0.266. The molecule has 0 bridgehead atoms. The molecule has 2 amide bonds. The molecular formula is C14H16Cl2N4O. The van der Waals surface area contributed by atoms with Gasteiger partial charge in [0.15, 0.2) is 0 Å². The van der Waals surface area contributed by atoms with Crippen LogP contribution in [0.15, 0.2) is 24.4 Å². The highest BCUT2D eigenvalue weighted by atomic mass is 35.5. The molecule has 2 rings (SSSR count). The van der Waals surface area contributed by atoms with Gasteiger partial charge in [0.05, 0.1) is 16.2 Å². The van der Waals surface area contributed by atoms with Gasteiger partial charge in [0.1, 0.15) is 0 Å². The Balaban J connectivity index is 1.72. The van der Waals surface area contributed by atoms with Crippen molar-refractivity contribution in [3.8, 4) is 0 Å². The number of nitrogens with zero attached hydrogens (tertiary/aromatic N) is 1. The number of carbonyl (C=O) groups excluding carboxylic acids is 1. The first-order valence-electron chi connectivity index (χ1n) is 6.55. The van der Waals surface area contributed by atoms with Gasteiger partial charge < -0.3 is 10.6 Å². The number of aryl methyl sites for hydroxylation is 2. The molecule has 0 atom stereocenters. The first-order valence-corrected chi connectivity index (χ1v) is 7.30. The number of amides is 2. The minimum absolute atomic E-state index is 0.266. The number of aromatic nitrogens is 2. The Morgan fingerprint density at radius 3 is 2.81 bits per heavy atom. The van der Waals surface area contributed by atoms with Gasteiger partial charge in [-0.15, -0.1) is 0 Å². The molecule has 7 heteroatoms. The van der Waals surface area contributed by atoms with Crippen LogP contribution >= 0.6 is 23.2 Å². The summed E-state index contributed by atoms with van der Waals surface area (Å²) >= 11 is 11.7. The molecule has 0 fully saturated rings. The summed E-state index contributed by atoms with van der Waals surface area (Å²) in [6.45, 7) is 2.56. The van der Waals surface area contributed by atoms with Crippen molar-refractivity contribution in [3.63, 3.8) is 0 Å². The molecule has 0 aliphatic carbocycles. The average molecular weight is 327 g/mol. The molecule has 0 saturated heterocycles. The average Bonchev–Trinajstić information content (AvgIpc) is 2.85. The highest BCUT2D eigenvalue weighted by Crippen LogP contribution is 2.24. The monoisotopic (exact) mass is 326 g/mol. The lowest BCUT2D eigenvalue weighted by Gasteiger charge is -2.08. The van der Waals surface area contributed by atoms with Crippen molar-refractivity contribution in [3.05, 3.63) is 45.7 Å². The van der Waals surface area contributed by atoms with Crippen LogP contribution in [0, 0.1) is 6.92 Å². The Hall–Kier alpha value is -1.72. The predicted octanol–water partition coefficient (Wildman–Crippen LogP) is 3.78. The zero-order valence-corrected chi connectivity index (χ0v) is 13.1. The lowest BCUT2D eigenvalue weighted by atomic mass is 10.1. The fourth-order valence-electron chi connectivity index (χ4n) is 1.86. The van der Waals surface area contributed by atoms with Crippen molar-refractivity contribution < 1.29 is 4.79 Å². The second kappa shape index (κ2) is 7.33. The summed E-state index contributed by atoms with van der Waals surface area (Å²) in [7, 11) is 0. The van der Waals surface area contributed by atoms with E-state index in [1.165, 1.54) is 5.56 Å². The van der Waals surface area contributed by atoms with Crippen molar-refractivity contribution in [2.45, 2.75) is 19.8 Å². The number of carbonyl (C=O) groups is 1. The number of aromatic amines is 1. The summed E-state index contributed by atoms with van der Waals surface area (Å²) < 4.78 is 0. The molecule has 1 heterocycles. The summed E-state index contributed by atoms with van der Waals surface area (Å²) in [5.41, 5.74) is 2.84. The van der Waals surface area contributed by atoms with Crippen LogP contribution in [0.2, 0.25) is 10.0 Å². The second-order valence-corrected chi connectivity index (χ2v) is 5.45. The molecule has 1 aromatic heterocycles. The van der Waals surface area contributed by atoms with Gasteiger partial charge in [-0.05, 0) is 43.5 Å². The van der Waals surface area contributed by atoms with E-state index < -0.39 is 0 Å². The van der Waals surface area contributed by atoms with E-state index in [-0.39, 0.29) is 6.03 Å². The Morgan fingerprint density at radius 2 is 2.14 bits per heavy atom. The van der Waals surface area contributed by atoms with Crippen LogP contribution in [-0.4, -0.2) is 22.8 Å². The number of hydrogen-bond acceptors (Lipinski definition) is 2. The molecule has 112 valence electrons. The van der Waals surface area contributed by atoms with E-state index in [0.717, 1.165) is 18.5 Å². The fraction of sp³-hybridized carbons (Fsp3) is 0.286. The molecule has 5 nitrogen and oxygen atoms in total. The molecule has 2 aromatic rings. The SMILES string of the molecule is Cc1[nH]ncc1CCCNC(=O)Nc1ccc(Cl)c(Cl)c1. The number of benzene rings is 1. The lowest BCUT2D eigenvalue weighted by Crippen LogP contribution is -2.29. The minimum Gasteiger partial charge on any atom is -0.338 e. The predicted molar refractivity (Wildman–Crippen MR) is 85.1 cm³/mol. The van der Waals surface area contributed by atoms with E-state index >= 15 is 0 Å². The maximum absolute atomic E-state index is 11.7. The lowest BCUT2D eigenvalue weighted by molar-refractivity contribution is 0.252. The van der Waals surface area contributed by atoms with Crippen LogP contribution in [0.25, 0.3) is 0 Å². The summed E-state index contributed by atoms with van der Waals surface area (Å²) in [4.78, 5) is 11.7. The fourth-order valence-corrected chi connectivity index (χ4v) is 2.16. The van der Waals surface area contributed by atoms with Crippen LogP contribution in [0.4, 0.5) is 10.5 Å². The molecule has 3 N–H and O–H groups in total. The largest absolute Gasteiger partial charge is 0.338 e. The third-order valence-corrected chi connectivity index (χ3v) is 3.76. The molecule has 1 aromatic carbocycles. The van der Waals surface area contributed by atoms with Crippen molar-refractivity contribution in [2.24, 2.45) is 0 Å². The van der Waals surface area contributed by atoms with Gasteiger partial charge in [-0.25, -0.2) is 4.79 Å². The van der Waals surface area contributed by atoms with E-state index in [1.54, 1.807) is 18.2 Å². The summed E-state index contributed by atoms with van der Waals surface area (Å²) in [6.07, 6.45) is 3.52. The van der Waals surface area contributed by atoms with Gasteiger partial charge in [-0.3, -0.25) is 5.10 Å². The highest BCUT2D eigenvalue weighted by Gasteiger charge is 2.04. The molecule has 0 aliphatic heterocycles. The number of anilines is 1. The van der Waals surface area contributed by atoms with Crippen molar-refractivity contribution >= 4 is 34.9 Å². The summed E-state index contributed by atoms with van der Waals surface area (Å²) in [6, 6.07) is 4.68. The van der Waals surface area contributed by atoms with E-state index in [2.05, 4.69) is 20.8 Å². The maximum atomic E-state index is 11.7. The third kappa shape index (κ3) is 4.65. The molecule has 0 unspecified atom stereocenters. The van der Waals surface area contributed by atoms with Crippen molar-refractivity contribution in [2.75, 3.05) is 11.9 Å². The number of rotatable bonds is 5. The molecule has 0 saturated carbocycles.